The van der Waals surface area contributed by atoms with Crippen molar-refractivity contribution in [1.29, 1.82) is 0 Å². The third-order valence-corrected chi connectivity index (χ3v) is 6.27. The summed E-state index contributed by atoms with van der Waals surface area (Å²) in [6, 6.07) is 17.5. The number of carbonyl (C=O) groups is 1. The summed E-state index contributed by atoms with van der Waals surface area (Å²) < 4.78 is 16.0. The molecule has 2 heterocycles. The Morgan fingerprint density at radius 1 is 1.06 bits per heavy atom. The summed E-state index contributed by atoms with van der Waals surface area (Å²) in [5.41, 5.74) is 2.93. The number of hydrogen-bond acceptors (Lipinski definition) is 6. The molecular formula is C26H31N3O4. The predicted molar refractivity (Wildman–Crippen MR) is 126 cm³/mol. The van der Waals surface area contributed by atoms with Gasteiger partial charge in [-0.3, -0.25) is 4.79 Å². The second kappa shape index (κ2) is 11.0. The van der Waals surface area contributed by atoms with Gasteiger partial charge in [-0.05, 0) is 79.7 Å². The van der Waals surface area contributed by atoms with Crippen LogP contribution in [0, 0.1) is 11.8 Å². The van der Waals surface area contributed by atoms with Crippen LogP contribution < -0.4 is 20.1 Å². The van der Waals surface area contributed by atoms with Gasteiger partial charge in [-0.25, -0.2) is 0 Å². The molecule has 7 nitrogen and oxygen atoms in total. The number of carbonyl (C=O) groups excluding carboxylic acids is 1. The Labute approximate surface area is 194 Å². The van der Waals surface area contributed by atoms with Crippen molar-refractivity contribution in [3.05, 3.63) is 65.9 Å². The van der Waals surface area contributed by atoms with E-state index in [2.05, 4.69) is 15.8 Å². The molecule has 0 spiro atoms. The normalized spacial score (nSPS) is 18.0. The van der Waals surface area contributed by atoms with E-state index in [0.717, 1.165) is 60.0 Å². The third-order valence-electron chi connectivity index (χ3n) is 6.27. The smallest absolute Gasteiger partial charge is 0.220 e. The number of ether oxygens (including phenoxy) is 2. The van der Waals surface area contributed by atoms with Crippen LogP contribution in [0.4, 0.5) is 0 Å². The molecule has 0 aliphatic carbocycles. The van der Waals surface area contributed by atoms with Crippen molar-refractivity contribution in [2.45, 2.75) is 25.8 Å². The number of rotatable bonds is 9. The van der Waals surface area contributed by atoms with Crippen molar-refractivity contribution in [1.82, 2.24) is 15.8 Å². The average Bonchev–Trinajstić information content (AvgIpc) is 3.33. The summed E-state index contributed by atoms with van der Waals surface area (Å²) in [7, 11) is 3.29. The van der Waals surface area contributed by atoms with Crippen molar-refractivity contribution in [2.75, 3.05) is 27.3 Å². The van der Waals surface area contributed by atoms with Crippen molar-refractivity contribution in [2.24, 2.45) is 11.8 Å². The summed E-state index contributed by atoms with van der Waals surface area (Å²) >= 11 is 0. The zero-order chi connectivity index (χ0) is 23.0. The molecule has 0 radical (unpaired) electrons. The standard InChI is InChI=1S/C26H31N3O4/c1-31-23-7-3-18(4-8-23)16-28-26(30)14-20-11-12-27-17-21(20)13-22-15-25(33-29-22)19-5-9-24(32-2)10-6-19/h3-10,15,20-21,27H,11-14,16-17H2,1-2H3,(H,28,30)/t20-,21-/m0/s1. The van der Waals surface area contributed by atoms with Gasteiger partial charge in [-0.15, -0.1) is 0 Å². The number of benzene rings is 2. The lowest BCUT2D eigenvalue weighted by molar-refractivity contribution is -0.122. The molecule has 0 unspecified atom stereocenters. The molecule has 174 valence electrons. The number of amides is 1. The van der Waals surface area contributed by atoms with Crippen molar-refractivity contribution in [3.8, 4) is 22.8 Å². The lowest BCUT2D eigenvalue weighted by atomic mass is 9.81. The quantitative estimate of drug-likeness (QED) is 0.516. The highest BCUT2D eigenvalue weighted by atomic mass is 16.5. The van der Waals surface area contributed by atoms with Crippen molar-refractivity contribution >= 4 is 5.91 Å². The first-order valence-corrected chi connectivity index (χ1v) is 11.3. The van der Waals surface area contributed by atoms with Crippen LogP contribution in [0.25, 0.3) is 11.3 Å². The average molecular weight is 450 g/mol. The molecule has 7 heteroatoms. The number of hydrogen-bond donors (Lipinski definition) is 2. The number of nitrogens with one attached hydrogen (secondary N) is 2. The molecule has 33 heavy (non-hydrogen) atoms. The first kappa shape index (κ1) is 22.9. The Hall–Kier alpha value is -3.32. The van der Waals surface area contributed by atoms with E-state index in [4.69, 9.17) is 14.0 Å². The van der Waals surface area contributed by atoms with E-state index in [1.807, 2.05) is 54.6 Å². The van der Waals surface area contributed by atoms with Crippen LogP contribution in [-0.2, 0) is 17.8 Å². The molecular weight excluding hydrogens is 418 g/mol. The Bertz CT molecular complexity index is 1030. The molecule has 1 saturated heterocycles. The Kier molecular flexibility index (Phi) is 7.62. The van der Waals surface area contributed by atoms with Crippen LogP contribution in [-0.4, -0.2) is 38.4 Å². The molecule has 0 bridgehead atoms. The van der Waals surface area contributed by atoms with E-state index >= 15 is 0 Å². The van der Waals surface area contributed by atoms with Crippen LogP contribution in [0.15, 0.2) is 59.1 Å². The number of piperidine rings is 1. The largest absolute Gasteiger partial charge is 0.497 e. The van der Waals surface area contributed by atoms with Gasteiger partial charge in [0.2, 0.25) is 5.91 Å². The topological polar surface area (TPSA) is 85.6 Å². The fourth-order valence-corrected chi connectivity index (χ4v) is 4.31. The zero-order valence-corrected chi connectivity index (χ0v) is 19.2. The SMILES string of the molecule is COc1ccc(CNC(=O)C[C@@H]2CCNC[C@@H]2Cc2cc(-c3ccc(OC)cc3)on2)cc1. The van der Waals surface area contributed by atoms with Crippen LogP contribution in [0.1, 0.15) is 24.1 Å². The minimum Gasteiger partial charge on any atom is -0.497 e. The number of nitrogens with zero attached hydrogens (tertiary/aromatic N) is 1. The maximum absolute atomic E-state index is 12.6. The lowest BCUT2D eigenvalue weighted by Gasteiger charge is -2.31. The molecule has 1 amide bonds. The van der Waals surface area contributed by atoms with E-state index in [-0.39, 0.29) is 5.91 Å². The Balaban J connectivity index is 1.32. The Morgan fingerprint density at radius 2 is 1.76 bits per heavy atom. The van der Waals surface area contributed by atoms with Crippen LogP contribution in [0.3, 0.4) is 0 Å². The van der Waals surface area contributed by atoms with Crippen LogP contribution in [0.2, 0.25) is 0 Å². The maximum atomic E-state index is 12.6. The molecule has 1 aliphatic rings. The molecule has 3 aromatic rings. The molecule has 0 saturated carbocycles. The number of aromatic nitrogens is 1. The molecule has 2 aromatic carbocycles. The fourth-order valence-electron chi connectivity index (χ4n) is 4.31. The van der Waals surface area contributed by atoms with Crippen LogP contribution >= 0.6 is 0 Å². The highest BCUT2D eigenvalue weighted by Gasteiger charge is 2.28. The fraction of sp³-hybridized carbons (Fsp3) is 0.385. The van der Waals surface area contributed by atoms with Crippen molar-refractivity contribution < 1.29 is 18.8 Å². The van der Waals surface area contributed by atoms with Gasteiger partial charge in [0.1, 0.15) is 11.5 Å². The van der Waals surface area contributed by atoms with E-state index in [1.165, 1.54) is 0 Å². The van der Waals surface area contributed by atoms with E-state index < -0.39 is 0 Å². The van der Waals surface area contributed by atoms with Gasteiger partial charge < -0.3 is 24.6 Å². The van der Waals surface area contributed by atoms with Gasteiger partial charge in [0.05, 0.1) is 19.9 Å². The molecule has 4 rings (SSSR count). The highest BCUT2D eigenvalue weighted by Crippen LogP contribution is 2.28. The van der Waals surface area contributed by atoms with E-state index in [1.54, 1.807) is 14.2 Å². The van der Waals surface area contributed by atoms with Gasteiger partial charge in [-0.1, -0.05) is 17.3 Å². The molecule has 2 N–H and O–H groups in total. The summed E-state index contributed by atoms with van der Waals surface area (Å²) in [6.07, 6.45) is 2.28. The molecule has 1 aromatic heterocycles. The van der Waals surface area contributed by atoms with Crippen LogP contribution in [0.5, 0.6) is 11.5 Å². The monoisotopic (exact) mass is 449 g/mol. The third kappa shape index (κ3) is 6.14. The summed E-state index contributed by atoms with van der Waals surface area (Å²) in [6.45, 7) is 2.33. The Morgan fingerprint density at radius 3 is 2.45 bits per heavy atom. The second-order valence-electron chi connectivity index (χ2n) is 8.46. The van der Waals surface area contributed by atoms with Gasteiger partial charge in [0, 0.05) is 24.6 Å². The summed E-state index contributed by atoms with van der Waals surface area (Å²) in [4.78, 5) is 12.6. The second-order valence-corrected chi connectivity index (χ2v) is 8.46. The van der Waals surface area contributed by atoms with Crippen molar-refractivity contribution in [3.63, 3.8) is 0 Å². The molecule has 1 fully saturated rings. The first-order valence-electron chi connectivity index (χ1n) is 11.3. The summed E-state index contributed by atoms with van der Waals surface area (Å²) in [5.74, 6) is 3.08. The molecule has 1 aliphatic heterocycles. The first-order chi connectivity index (χ1) is 16.1. The lowest BCUT2D eigenvalue weighted by Crippen LogP contribution is -2.40. The maximum Gasteiger partial charge on any atom is 0.220 e. The number of methoxy groups -OCH3 is 2. The van der Waals surface area contributed by atoms with Gasteiger partial charge >= 0.3 is 0 Å². The van der Waals surface area contributed by atoms with Gasteiger partial charge in [0.25, 0.3) is 0 Å². The van der Waals surface area contributed by atoms with Gasteiger partial charge in [-0.2, -0.15) is 0 Å². The minimum absolute atomic E-state index is 0.0850. The zero-order valence-electron chi connectivity index (χ0n) is 19.2. The van der Waals surface area contributed by atoms with E-state index in [9.17, 15) is 4.79 Å². The molecule has 2 atom stereocenters. The highest BCUT2D eigenvalue weighted by molar-refractivity contribution is 5.76. The van der Waals surface area contributed by atoms with E-state index in [0.29, 0.717) is 24.8 Å². The van der Waals surface area contributed by atoms with Gasteiger partial charge in [0.15, 0.2) is 5.76 Å². The predicted octanol–water partition coefficient (Wildman–Crippen LogP) is 3.83. The minimum atomic E-state index is 0.0850. The summed E-state index contributed by atoms with van der Waals surface area (Å²) in [5, 5.41) is 10.8.